The van der Waals surface area contributed by atoms with Crippen molar-refractivity contribution in [1.82, 2.24) is 0 Å². The van der Waals surface area contributed by atoms with E-state index >= 15 is 0 Å². The second kappa shape index (κ2) is 3.21. The van der Waals surface area contributed by atoms with Gasteiger partial charge in [0, 0.05) is 13.2 Å². The minimum atomic E-state index is 0.856. The lowest BCUT2D eigenvalue weighted by atomic mass is 9.91. The molecule has 0 aromatic rings. The maximum Gasteiger partial charge on any atom is 0.0497 e. The molecule has 0 spiro atoms. The van der Waals surface area contributed by atoms with Gasteiger partial charge in [-0.2, -0.15) is 0 Å². The van der Waals surface area contributed by atoms with Crippen LogP contribution in [0.2, 0.25) is 0 Å². The van der Waals surface area contributed by atoms with Crippen LogP contribution in [0.3, 0.4) is 0 Å². The third-order valence-corrected chi connectivity index (χ3v) is 2.41. The van der Waals surface area contributed by atoms with E-state index in [1.54, 1.807) is 0 Å². The summed E-state index contributed by atoms with van der Waals surface area (Å²) in [5.41, 5.74) is 0. The average molecular weight is 128 g/mol. The fraction of sp³-hybridized carbons (Fsp3) is 1.00. The van der Waals surface area contributed by atoms with Crippen molar-refractivity contribution in [3.8, 4) is 0 Å². The highest BCUT2D eigenvalue weighted by Crippen LogP contribution is 2.23. The summed E-state index contributed by atoms with van der Waals surface area (Å²) in [6, 6.07) is 0. The molecule has 1 heteroatoms. The van der Waals surface area contributed by atoms with Crippen LogP contribution < -0.4 is 0 Å². The minimum Gasteiger partial charge on any atom is -0.381 e. The molecule has 0 saturated carbocycles. The quantitative estimate of drug-likeness (QED) is 0.553. The molecule has 1 nitrogen and oxygen atoms in total. The van der Waals surface area contributed by atoms with Gasteiger partial charge in [0.2, 0.25) is 0 Å². The molecule has 1 aliphatic heterocycles. The third kappa shape index (κ3) is 1.68. The zero-order valence-corrected chi connectivity index (χ0v) is 6.39. The van der Waals surface area contributed by atoms with Crippen LogP contribution in [-0.2, 0) is 4.74 Å². The van der Waals surface area contributed by atoms with Crippen LogP contribution in [0.4, 0.5) is 0 Å². The molecule has 1 fully saturated rings. The van der Waals surface area contributed by atoms with E-state index < -0.39 is 0 Å². The minimum absolute atomic E-state index is 0.856. The Hall–Kier alpha value is -0.0400. The van der Waals surface area contributed by atoms with Crippen LogP contribution >= 0.6 is 0 Å². The SMILES string of the molecule is CCC(C)C1CCOC1. The monoisotopic (exact) mass is 128 g/mol. The number of hydrogen-bond donors (Lipinski definition) is 0. The van der Waals surface area contributed by atoms with Gasteiger partial charge in [-0.15, -0.1) is 0 Å². The van der Waals surface area contributed by atoms with E-state index in [1.807, 2.05) is 0 Å². The normalized spacial score (nSPS) is 30.7. The molecule has 1 aliphatic rings. The summed E-state index contributed by atoms with van der Waals surface area (Å²) in [6.07, 6.45) is 2.59. The summed E-state index contributed by atoms with van der Waals surface area (Å²) in [5, 5.41) is 0. The summed E-state index contributed by atoms with van der Waals surface area (Å²) < 4.78 is 5.28. The summed E-state index contributed by atoms with van der Waals surface area (Å²) in [7, 11) is 0. The van der Waals surface area contributed by atoms with Gasteiger partial charge in [-0.3, -0.25) is 0 Å². The molecule has 1 saturated heterocycles. The lowest BCUT2D eigenvalue weighted by molar-refractivity contribution is 0.173. The zero-order valence-electron chi connectivity index (χ0n) is 6.39. The Balaban J connectivity index is 2.24. The van der Waals surface area contributed by atoms with E-state index in [1.165, 1.54) is 12.8 Å². The van der Waals surface area contributed by atoms with Gasteiger partial charge < -0.3 is 4.74 Å². The molecule has 0 bridgehead atoms. The van der Waals surface area contributed by atoms with Crippen LogP contribution in [-0.4, -0.2) is 13.2 Å². The maximum absolute atomic E-state index is 5.28. The summed E-state index contributed by atoms with van der Waals surface area (Å²) in [6.45, 7) is 6.58. The van der Waals surface area contributed by atoms with Gasteiger partial charge in [-0.25, -0.2) is 0 Å². The fourth-order valence-electron chi connectivity index (χ4n) is 1.33. The Kier molecular flexibility index (Phi) is 2.52. The summed E-state index contributed by atoms with van der Waals surface area (Å²) in [5.74, 6) is 1.72. The van der Waals surface area contributed by atoms with Crippen LogP contribution in [0.5, 0.6) is 0 Å². The standard InChI is InChI=1S/C8H16O/c1-3-7(2)8-4-5-9-6-8/h7-8H,3-6H2,1-2H3. The maximum atomic E-state index is 5.28. The topological polar surface area (TPSA) is 9.23 Å². The molecule has 0 N–H and O–H groups in total. The first-order chi connectivity index (χ1) is 4.34. The first-order valence-corrected chi connectivity index (χ1v) is 3.92. The van der Waals surface area contributed by atoms with E-state index in [2.05, 4.69) is 13.8 Å². The molecule has 54 valence electrons. The Morgan fingerprint density at radius 1 is 1.67 bits per heavy atom. The Morgan fingerprint density at radius 3 is 2.89 bits per heavy atom. The second-order valence-electron chi connectivity index (χ2n) is 3.01. The van der Waals surface area contributed by atoms with Crippen LogP contribution in [0, 0.1) is 11.8 Å². The van der Waals surface area contributed by atoms with Crippen LogP contribution in [0.15, 0.2) is 0 Å². The predicted molar refractivity (Wildman–Crippen MR) is 38.4 cm³/mol. The molecule has 0 aromatic heterocycles. The van der Waals surface area contributed by atoms with E-state index in [0.717, 1.165) is 25.0 Å². The van der Waals surface area contributed by atoms with Crippen molar-refractivity contribution in [2.75, 3.05) is 13.2 Å². The highest BCUT2D eigenvalue weighted by molar-refractivity contribution is 4.68. The van der Waals surface area contributed by atoms with E-state index in [9.17, 15) is 0 Å². The molecular weight excluding hydrogens is 112 g/mol. The van der Waals surface area contributed by atoms with Crippen molar-refractivity contribution >= 4 is 0 Å². The van der Waals surface area contributed by atoms with Crippen molar-refractivity contribution in [1.29, 1.82) is 0 Å². The van der Waals surface area contributed by atoms with Gasteiger partial charge in [0.05, 0.1) is 0 Å². The molecule has 1 rings (SSSR count). The van der Waals surface area contributed by atoms with Gasteiger partial charge in [0.15, 0.2) is 0 Å². The Bertz CT molecular complexity index is 74.6. The second-order valence-corrected chi connectivity index (χ2v) is 3.01. The van der Waals surface area contributed by atoms with Gasteiger partial charge in [-0.1, -0.05) is 20.3 Å². The number of rotatable bonds is 2. The molecule has 0 aliphatic carbocycles. The lowest BCUT2D eigenvalue weighted by Crippen LogP contribution is -2.09. The molecule has 0 radical (unpaired) electrons. The van der Waals surface area contributed by atoms with E-state index in [4.69, 9.17) is 4.74 Å². The molecule has 2 unspecified atom stereocenters. The lowest BCUT2D eigenvalue weighted by Gasteiger charge is -2.13. The first kappa shape index (κ1) is 7.07. The van der Waals surface area contributed by atoms with Crippen molar-refractivity contribution < 1.29 is 4.74 Å². The van der Waals surface area contributed by atoms with Crippen molar-refractivity contribution in [3.63, 3.8) is 0 Å². The van der Waals surface area contributed by atoms with Crippen molar-refractivity contribution in [3.05, 3.63) is 0 Å². The van der Waals surface area contributed by atoms with Crippen molar-refractivity contribution in [2.45, 2.75) is 26.7 Å². The van der Waals surface area contributed by atoms with Crippen LogP contribution in [0.25, 0.3) is 0 Å². The van der Waals surface area contributed by atoms with Gasteiger partial charge in [0.1, 0.15) is 0 Å². The number of ether oxygens (including phenoxy) is 1. The molecular formula is C8H16O. The van der Waals surface area contributed by atoms with Gasteiger partial charge in [-0.05, 0) is 18.3 Å². The average Bonchev–Trinajstić information content (AvgIpc) is 2.37. The van der Waals surface area contributed by atoms with E-state index in [-0.39, 0.29) is 0 Å². The molecule has 0 aromatic carbocycles. The predicted octanol–water partition coefficient (Wildman–Crippen LogP) is 2.07. The Labute approximate surface area is 57.4 Å². The first-order valence-electron chi connectivity index (χ1n) is 3.92. The third-order valence-electron chi connectivity index (χ3n) is 2.41. The van der Waals surface area contributed by atoms with Gasteiger partial charge >= 0.3 is 0 Å². The van der Waals surface area contributed by atoms with Crippen LogP contribution in [0.1, 0.15) is 26.7 Å². The summed E-state index contributed by atoms with van der Waals surface area (Å²) >= 11 is 0. The largest absolute Gasteiger partial charge is 0.381 e. The fourth-order valence-corrected chi connectivity index (χ4v) is 1.33. The molecule has 9 heavy (non-hydrogen) atoms. The molecule has 1 heterocycles. The zero-order chi connectivity index (χ0) is 6.69. The highest BCUT2D eigenvalue weighted by atomic mass is 16.5. The van der Waals surface area contributed by atoms with Gasteiger partial charge in [0.25, 0.3) is 0 Å². The highest BCUT2D eigenvalue weighted by Gasteiger charge is 2.20. The Morgan fingerprint density at radius 2 is 2.44 bits per heavy atom. The molecule has 2 atom stereocenters. The summed E-state index contributed by atoms with van der Waals surface area (Å²) in [4.78, 5) is 0. The van der Waals surface area contributed by atoms with E-state index in [0.29, 0.717) is 0 Å². The smallest absolute Gasteiger partial charge is 0.0497 e. The molecule has 0 amide bonds. The van der Waals surface area contributed by atoms with Crippen molar-refractivity contribution in [2.24, 2.45) is 11.8 Å². The number of hydrogen-bond acceptors (Lipinski definition) is 1.